The van der Waals surface area contributed by atoms with Gasteiger partial charge in [0.15, 0.2) is 0 Å². The van der Waals surface area contributed by atoms with Crippen LogP contribution in [0.2, 0.25) is 0 Å². The minimum absolute atomic E-state index is 0.447. The molecule has 0 fully saturated rings. The van der Waals surface area contributed by atoms with E-state index < -0.39 is 18.8 Å². The van der Waals surface area contributed by atoms with Crippen molar-refractivity contribution in [3.05, 3.63) is 77.9 Å². The number of benzene rings is 2. The minimum Gasteiger partial charge on any atom is -0.455 e. The monoisotopic (exact) mass is 306 g/mol. The van der Waals surface area contributed by atoms with Gasteiger partial charge in [0.05, 0.1) is 0 Å². The first-order chi connectivity index (χ1) is 10.5. The second-order valence-corrected chi connectivity index (χ2v) is 4.45. The lowest BCUT2D eigenvalue weighted by molar-refractivity contribution is -0.198. The zero-order chi connectivity index (χ0) is 16.0. The number of carbonyl (C=O) groups excluding carboxylic acids is 1. The Kier molecular flexibility index (Phi) is 4.99. The molecule has 0 bridgehead atoms. The quantitative estimate of drug-likeness (QED) is 0.790. The van der Waals surface area contributed by atoms with Crippen LogP contribution < -0.4 is 0 Å². The van der Waals surface area contributed by atoms with Crippen molar-refractivity contribution in [3.8, 4) is 0 Å². The number of hydrogen-bond donors (Lipinski definition) is 0. The lowest BCUT2D eigenvalue weighted by atomic mass is 9.98. The molecule has 0 aliphatic carbocycles. The molecule has 2 aromatic carbocycles. The Morgan fingerprint density at radius 1 is 0.909 bits per heavy atom. The van der Waals surface area contributed by atoms with Gasteiger partial charge < -0.3 is 4.74 Å². The lowest BCUT2D eigenvalue weighted by Gasteiger charge is -2.10. The smallest absolute Gasteiger partial charge is 0.455 e. The molecule has 0 aliphatic rings. The first-order valence-corrected chi connectivity index (χ1v) is 6.53. The Morgan fingerprint density at radius 3 is 1.77 bits per heavy atom. The van der Waals surface area contributed by atoms with Crippen LogP contribution in [-0.4, -0.2) is 18.8 Å². The lowest BCUT2D eigenvalue weighted by Crippen LogP contribution is -2.25. The summed E-state index contributed by atoms with van der Waals surface area (Å²) in [4.78, 5) is 10.7. The van der Waals surface area contributed by atoms with E-state index in [1.165, 1.54) is 6.08 Å². The zero-order valence-corrected chi connectivity index (χ0v) is 11.5. The van der Waals surface area contributed by atoms with Crippen LogP contribution in [0.25, 0.3) is 5.57 Å². The number of carbonyl (C=O) groups is 1. The minimum atomic E-state index is -4.98. The Labute approximate surface area is 125 Å². The first kappa shape index (κ1) is 15.8. The molecule has 0 N–H and O–H groups in total. The standard InChI is InChI=1S/C17H13F3O2/c18-17(19,20)16(21)22-12-11-15(13-7-3-1-4-8-13)14-9-5-2-6-10-14/h1-11H,12H2. The summed E-state index contributed by atoms with van der Waals surface area (Å²) in [6.45, 7) is -0.447. The molecule has 0 atom stereocenters. The summed E-state index contributed by atoms with van der Waals surface area (Å²) in [5, 5.41) is 0. The van der Waals surface area contributed by atoms with Crippen molar-refractivity contribution in [2.75, 3.05) is 6.61 Å². The van der Waals surface area contributed by atoms with Crippen molar-refractivity contribution in [3.63, 3.8) is 0 Å². The summed E-state index contributed by atoms with van der Waals surface area (Å²) < 4.78 is 40.6. The summed E-state index contributed by atoms with van der Waals surface area (Å²) in [7, 11) is 0. The van der Waals surface area contributed by atoms with E-state index >= 15 is 0 Å². The van der Waals surface area contributed by atoms with Crippen molar-refractivity contribution in [1.29, 1.82) is 0 Å². The Bertz CT molecular complexity index is 605. The van der Waals surface area contributed by atoms with Crippen LogP contribution in [0.4, 0.5) is 13.2 Å². The van der Waals surface area contributed by atoms with Gasteiger partial charge in [0.2, 0.25) is 0 Å². The maximum atomic E-state index is 12.1. The van der Waals surface area contributed by atoms with E-state index in [9.17, 15) is 18.0 Å². The number of ether oxygens (including phenoxy) is 1. The van der Waals surface area contributed by atoms with Crippen LogP contribution in [0.15, 0.2) is 66.7 Å². The fraction of sp³-hybridized carbons (Fsp3) is 0.118. The first-order valence-electron chi connectivity index (χ1n) is 6.53. The summed E-state index contributed by atoms with van der Waals surface area (Å²) in [5.74, 6) is -2.19. The van der Waals surface area contributed by atoms with E-state index in [2.05, 4.69) is 4.74 Å². The van der Waals surface area contributed by atoms with Gasteiger partial charge in [-0.05, 0) is 22.8 Å². The molecule has 0 saturated heterocycles. The van der Waals surface area contributed by atoms with E-state index in [1.807, 2.05) is 60.7 Å². The van der Waals surface area contributed by atoms with Gasteiger partial charge in [0.1, 0.15) is 6.61 Å². The molecule has 22 heavy (non-hydrogen) atoms. The Hall–Kier alpha value is -2.56. The average Bonchev–Trinajstić information content (AvgIpc) is 2.52. The number of hydrogen-bond acceptors (Lipinski definition) is 2. The second kappa shape index (κ2) is 6.93. The van der Waals surface area contributed by atoms with E-state index in [4.69, 9.17) is 0 Å². The van der Waals surface area contributed by atoms with Gasteiger partial charge in [-0.15, -0.1) is 0 Å². The molecule has 114 valence electrons. The third kappa shape index (κ3) is 4.22. The van der Waals surface area contributed by atoms with Crippen LogP contribution in [0, 0.1) is 0 Å². The van der Waals surface area contributed by atoms with Gasteiger partial charge in [-0.25, -0.2) is 4.79 Å². The summed E-state index contributed by atoms with van der Waals surface area (Å²) >= 11 is 0. The predicted octanol–water partition coefficient (Wildman–Crippen LogP) is 4.22. The van der Waals surface area contributed by atoms with Gasteiger partial charge in [0, 0.05) is 0 Å². The van der Waals surface area contributed by atoms with Gasteiger partial charge in [-0.1, -0.05) is 60.7 Å². The molecule has 0 spiro atoms. The van der Waals surface area contributed by atoms with Crippen LogP contribution in [0.5, 0.6) is 0 Å². The van der Waals surface area contributed by atoms with E-state index in [-0.39, 0.29) is 0 Å². The van der Waals surface area contributed by atoms with E-state index in [0.717, 1.165) is 11.1 Å². The second-order valence-electron chi connectivity index (χ2n) is 4.45. The highest BCUT2D eigenvalue weighted by atomic mass is 19.4. The Balaban J connectivity index is 2.23. The van der Waals surface area contributed by atoms with Gasteiger partial charge in [-0.3, -0.25) is 0 Å². The molecule has 0 aromatic heterocycles. The molecule has 2 nitrogen and oxygen atoms in total. The highest BCUT2D eigenvalue weighted by Gasteiger charge is 2.40. The molecule has 2 aromatic rings. The third-order valence-electron chi connectivity index (χ3n) is 2.90. The predicted molar refractivity (Wildman–Crippen MR) is 77.0 cm³/mol. The average molecular weight is 306 g/mol. The largest absolute Gasteiger partial charge is 0.490 e. The van der Waals surface area contributed by atoms with Crippen molar-refractivity contribution >= 4 is 11.5 Å². The molecule has 0 aliphatic heterocycles. The SMILES string of the molecule is O=C(OCC=C(c1ccccc1)c1ccccc1)C(F)(F)F. The maximum absolute atomic E-state index is 12.1. The highest BCUT2D eigenvalue weighted by Crippen LogP contribution is 2.23. The van der Waals surface area contributed by atoms with Gasteiger partial charge >= 0.3 is 12.1 Å². The molecule has 2 rings (SSSR count). The van der Waals surface area contributed by atoms with Crippen molar-refractivity contribution in [1.82, 2.24) is 0 Å². The van der Waals surface area contributed by atoms with Gasteiger partial charge in [0.25, 0.3) is 0 Å². The topological polar surface area (TPSA) is 26.3 Å². The number of alkyl halides is 3. The highest BCUT2D eigenvalue weighted by molar-refractivity contribution is 5.80. The van der Waals surface area contributed by atoms with Crippen LogP contribution >= 0.6 is 0 Å². The molecule has 0 saturated carbocycles. The van der Waals surface area contributed by atoms with Crippen molar-refractivity contribution in [2.45, 2.75) is 6.18 Å². The van der Waals surface area contributed by atoms with E-state index in [1.54, 1.807) is 0 Å². The molecule has 0 heterocycles. The molecule has 0 radical (unpaired) electrons. The van der Waals surface area contributed by atoms with Crippen LogP contribution in [0.3, 0.4) is 0 Å². The normalized spacial score (nSPS) is 10.9. The van der Waals surface area contributed by atoms with Gasteiger partial charge in [-0.2, -0.15) is 13.2 Å². The molecule has 0 unspecified atom stereocenters. The van der Waals surface area contributed by atoms with Crippen LogP contribution in [0.1, 0.15) is 11.1 Å². The molecular weight excluding hydrogens is 293 g/mol. The summed E-state index contributed by atoms with van der Waals surface area (Å²) in [5.41, 5.74) is 2.37. The van der Waals surface area contributed by atoms with E-state index in [0.29, 0.717) is 5.57 Å². The number of halogens is 3. The fourth-order valence-corrected chi connectivity index (χ4v) is 1.92. The maximum Gasteiger partial charge on any atom is 0.490 e. The summed E-state index contributed by atoms with van der Waals surface area (Å²) in [6, 6.07) is 18.3. The Morgan fingerprint density at radius 2 is 1.36 bits per heavy atom. The molecule has 5 heteroatoms. The van der Waals surface area contributed by atoms with Crippen LogP contribution in [-0.2, 0) is 9.53 Å². The fourth-order valence-electron chi connectivity index (χ4n) is 1.92. The van der Waals surface area contributed by atoms with Crippen molar-refractivity contribution < 1.29 is 22.7 Å². The van der Waals surface area contributed by atoms with Crippen molar-refractivity contribution in [2.24, 2.45) is 0 Å². The number of rotatable bonds is 4. The zero-order valence-electron chi connectivity index (χ0n) is 11.5. The number of esters is 1. The third-order valence-corrected chi connectivity index (χ3v) is 2.90. The summed E-state index contributed by atoms with van der Waals surface area (Å²) in [6.07, 6.45) is -3.51. The molecular formula is C17H13F3O2. The molecule has 0 amide bonds.